The van der Waals surface area contributed by atoms with Gasteiger partial charge in [0, 0.05) is 0 Å². The molecule has 1 aromatic carbocycles. The van der Waals surface area contributed by atoms with Crippen molar-refractivity contribution in [2.75, 3.05) is 7.11 Å². The molecule has 0 aliphatic heterocycles. The van der Waals surface area contributed by atoms with Crippen molar-refractivity contribution < 1.29 is 23.5 Å². The van der Waals surface area contributed by atoms with Crippen LogP contribution in [0, 0.1) is 5.82 Å². The number of hydrogen-bond donors (Lipinski definition) is 1. The van der Waals surface area contributed by atoms with Gasteiger partial charge in [-0.3, -0.25) is 4.79 Å². The molecule has 0 fully saturated rings. The Morgan fingerprint density at radius 2 is 1.80 bits per heavy atom. The number of esters is 1. The van der Waals surface area contributed by atoms with Gasteiger partial charge in [0.25, 0.3) is 5.91 Å². The molecule has 0 saturated carbocycles. The molecule has 0 bridgehead atoms. The van der Waals surface area contributed by atoms with E-state index in [4.69, 9.17) is 4.74 Å². The van der Waals surface area contributed by atoms with Crippen LogP contribution in [0.25, 0.3) is 0 Å². The summed E-state index contributed by atoms with van der Waals surface area (Å²) in [6.07, 6.45) is 0. The van der Waals surface area contributed by atoms with Crippen LogP contribution in [0.15, 0.2) is 24.3 Å². The molecule has 110 valence electrons. The third-order valence-electron chi connectivity index (χ3n) is 2.64. The normalized spacial score (nSPS) is 12.4. The summed E-state index contributed by atoms with van der Waals surface area (Å²) >= 11 is 0. The summed E-state index contributed by atoms with van der Waals surface area (Å²) in [6.45, 7) is 4.61. The molecule has 0 heterocycles. The molecular formula is C14H18FNO4. The van der Waals surface area contributed by atoms with Gasteiger partial charge in [0.15, 0.2) is 5.60 Å². The minimum Gasteiger partial charge on any atom is -0.478 e. The minimum atomic E-state index is -1.21. The summed E-state index contributed by atoms with van der Waals surface area (Å²) in [6, 6.07) is 4.55. The van der Waals surface area contributed by atoms with Crippen LogP contribution < -0.4 is 10.1 Å². The van der Waals surface area contributed by atoms with E-state index in [2.05, 4.69) is 10.1 Å². The van der Waals surface area contributed by atoms with Gasteiger partial charge >= 0.3 is 5.97 Å². The fraction of sp³-hybridized carbons (Fsp3) is 0.429. The van der Waals surface area contributed by atoms with Crippen LogP contribution in [0.4, 0.5) is 4.39 Å². The van der Waals surface area contributed by atoms with Crippen LogP contribution in [-0.2, 0) is 14.3 Å². The molecule has 0 aliphatic carbocycles. The summed E-state index contributed by atoms with van der Waals surface area (Å²) in [5.41, 5.74) is -1.21. The molecule has 20 heavy (non-hydrogen) atoms. The second kappa shape index (κ2) is 6.36. The van der Waals surface area contributed by atoms with Crippen molar-refractivity contribution in [3.05, 3.63) is 30.1 Å². The van der Waals surface area contributed by atoms with Gasteiger partial charge in [-0.2, -0.15) is 0 Å². The van der Waals surface area contributed by atoms with Crippen molar-refractivity contribution in [2.24, 2.45) is 0 Å². The van der Waals surface area contributed by atoms with E-state index in [1.54, 1.807) is 13.8 Å². The summed E-state index contributed by atoms with van der Waals surface area (Å²) < 4.78 is 22.8. The second-order valence-electron chi connectivity index (χ2n) is 4.78. The monoisotopic (exact) mass is 283 g/mol. The van der Waals surface area contributed by atoms with Crippen LogP contribution in [0.5, 0.6) is 5.75 Å². The van der Waals surface area contributed by atoms with E-state index < -0.39 is 23.5 Å². The summed E-state index contributed by atoms with van der Waals surface area (Å²) in [4.78, 5) is 23.3. The van der Waals surface area contributed by atoms with Crippen molar-refractivity contribution >= 4 is 11.9 Å². The lowest BCUT2D eigenvalue weighted by atomic mass is 10.1. The molecule has 0 unspecified atom stereocenters. The second-order valence-corrected chi connectivity index (χ2v) is 4.78. The first-order valence-electron chi connectivity index (χ1n) is 6.09. The van der Waals surface area contributed by atoms with Gasteiger partial charge in [0.1, 0.15) is 17.6 Å². The van der Waals surface area contributed by atoms with Crippen LogP contribution in [0.2, 0.25) is 0 Å². The van der Waals surface area contributed by atoms with Crippen LogP contribution in [-0.4, -0.2) is 30.6 Å². The first kappa shape index (κ1) is 15.9. The molecule has 1 N–H and O–H groups in total. The summed E-state index contributed by atoms with van der Waals surface area (Å²) in [5, 5.41) is 2.49. The number of methoxy groups -OCH3 is 1. The van der Waals surface area contributed by atoms with Crippen LogP contribution in [0.1, 0.15) is 20.8 Å². The van der Waals surface area contributed by atoms with Crippen molar-refractivity contribution in [1.29, 1.82) is 0 Å². The highest BCUT2D eigenvalue weighted by Gasteiger charge is 2.32. The molecule has 1 rings (SSSR count). The Balaban J connectivity index is 2.70. The standard InChI is InChI=1S/C14H18FNO4/c1-9(12(17)19-4)16-13(18)14(2,3)20-11-7-5-10(15)6-8-11/h5-9H,1-4H3,(H,16,18)/t9-/m0/s1. The fourth-order valence-corrected chi connectivity index (χ4v) is 1.45. The Bertz CT molecular complexity index is 484. The maximum Gasteiger partial charge on any atom is 0.328 e. The van der Waals surface area contributed by atoms with E-state index in [0.717, 1.165) is 0 Å². The lowest BCUT2D eigenvalue weighted by Crippen LogP contribution is -2.51. The predicted molar refractivity (Wildman–Crippen MR) is 70.7 cm³/mol. The number of amides is 1. The minimum absolute atomic E-state index is 0.359. The van der Waals surface area contributed by atoms with Gasteiger partial charge in [0.2, 0.25) is 0 Å². The van der Waals surface area contributed by atoms with E-state index in [9.17, 15) is 14.0 Å². The zero-order valence-electron chi connectivity index (χ0n) is 11.9. The average Bonchev–Trinajstić information content (AvgIpc) is 2.40. The Labute approximate surface area is 117 Å². The zero-order chi connectivity index (χ0) is 15.3. The SMILES string of the molecule is COC(=O)[C@H](C)NC(=O)C(C)(C)Oc1ccc(F)cc1. The maximum absolute atomic E-state index is 12.8. The third kappa shape index (κ3) is 4.22. The Kier molecular flexibility index (Phi) is 5.07. The number of hydrogen-bond acceptors (Lipinski definition) is 4. The smallest absolute Gasteiger partial charge is 0.328 e. The number of rotatable bonds is 5. The highest BCUT2D eigenvalue weighted by atomic mass is 19.1. The largest absolute Gasteiger partial charge is 0.478 e. The van der Waals surface area contributed by atoms with Crippen LogP contribution in [0.3, 0.4) is 0 Å². The van der Waals surface area contributed by atoms with E-state index in [0.29, 0.717) is 5.75 Å². The quantitative estimate of drug-likeness (QED) is 0.835. The molecule has 0 aliphatic rings. The van der Waals surface area contributed by atoms with Gasteiger partial charge < -0.3 is 14.8 Å². The van der Waals surface area contributed by atoms with Gasteiger partial charge in [-0.05, 0) is 45.0 Å². The molecular weight excluding hydrogens is 265 g/mol. The maximum atomic E-state index is 12.8. The predicted octanol–water partition coefficient (Wildman–Crippen LogP) is 1.66. The average molecular weight is 283 g/mol. The fourth-order valence-electron chi connectivity index (χ4n) is 1.45. The van der Waals surface area contributed by atoms with Gasteiger partial charge in [-0.15, -0.1) is 0 Å². The lowest BCUT2D eigenvalue weighted by Gasteiger charge is -2.26. The molecule has 0 spiro atoms. The van der Waals surface area contributed by atoms with Gasteiger partial charge in [-0.25, -0.2) is 9.18 Å². The highest BCUT2D eigenvalue weighted by Crippen LogP contribution is 2.19. The third-order valence-corrected chi connectivity index (χ3v) is 2.64. The van der Waals surface area contributed by atoms with Gasteiger partial charge in [-0.1, -0.05) is 0 Å². The highest BCUT2D eigenvalue weighted by molar-refractivity contribution is 5.89. The molecule has 0 aromatic heterocycles. The molecule has 1 amide bonds. The Morgan fingerprint density at radius 1 is 1.25 bits per heavy atom. The number of halogens is 1. The van der Waals surface area contributed by atoms with E-state index in [1.165, 1.54) is 38.3 Å². The number of benzene rings is 1. The summed E-state index contributed by atoms with van der Waals surface area (Å²) in [5.74, 6) is -1.05. The van der Waals surface area contributed by atoms with Crippen molar-refractivity contribution in [3.63, 3.8) is 0 Å². The summed E-state index contributed by atoms with van der Waals surface area (Å²) in [7, 11) is 1.24. The van der Waals surface area contributed by atoms with E-state index >= 15 is 0 Å². The van der Waals surface area contributed by atoms with Crippen molar-refractivity contribution in [1.82, 2.24) is 5.32 Å². The van der Waals surface area contributed by atoms with Crippen molar-refractivity contribution in [2.45, 2.75) is 32.4 Å². The van der Waals surface area contributed by atoms with E-state index in [-0.39, 0.29) is 5.82 Å². The Morgan fingerprint density at radius 3 is 2.30 bits per heavy atom. The van der Waals surface area contributed by atoms with Crippen molar-refractivity contribution in [3.8, 4) is 5.75 Å². The number of carbonyl (C=O) groups is 2. The number of carbonyl (C=O) groups excluding carboxylic acids is 2. The number of ether oxygens (including phenoxy) is 2. The lowest BCUT2D eigenvalue weighted by molar-refractivity contribution is -0.146. The molecule has 0 radical (unpaired) electrons. The number of nitrogens with one attached hydrogen (secondary N) is 1. The van der Waals surface area contributed by atoms with Gasteiger partial charge in [0.05, 0.1) is 7.11 Å². The van der Waals surface area contributed by atoms with E-state index in [1.807, 2.05) is 0 Å². The topological polar surface area (TPSA) is 64.6 Å². The first-order chi connectivity index (χ1) is 9.26. The Hall–Kier alpha value is -2.11. The molecule has 6 heteroatoms. The molecule has 5 nitrogen and oxygen atoms in total. The molecule has 0 saturated heterocycles. The van der Waals surface area contributed by atoms with Crippen LogP contribution >= 0.6 is 0 Å². The zero-order valence-corrected chi connectivity index (χ0v) is 11.9. The first-order valence-corrected chi connectivity index (χ1v) is 6.09. The molecule has 1 aromatic rings. The molecule has 1 atom stereocenters.